The standard InChI is InChI=1S/C66H125NO5/c1-3-5-7-9-11-13-15-17-18-19-25-28-31-35-38-42-46-50-54-58-64(69)63(62-68)67-65(70)59-55-51-47-43-39-36-32-29-26-23-21-20-22-24-27-30-33-37-41-45-49-53-57-61-72-66(71)60-56-52-48-44-40-34-16-14-12-10-8-6-4-2/h8,10,14,16,54,58,63-64,68-69H,3-7,9,11-13,15,17-53,55-57,59-62H2,1-2H3,(H,67,70)/b10-8-,16-14-,58-54+. The number of ether oxygens (including phenoxy) is 1. The summed E-state index contributed by atoms with van der Waals surface area (Å²) in [5.74, 6) is -0.0663. The number of carbonyl (C=O) groups is 2. The molecule has 72 heavy (non-hydrogen) atoms. The molecule has 0 saturated heterocycles. The Kier molecular flexibility index (Phi) is 60.0. The van der Waals surface area contributed by atoms with Crippen molar-refractivity contribution in [3.63, 3.8) is 0 Å². The van der Waals surface area contributed by atoms with Crippen molar-refractivity contribution in [2.45, 2.75) is 360 Å². The Morgan fingerprint density at radius 2 is 0.722 bits per heavy atom. The average Bonchev–Trinajstić information content (AvgIpc) is 3.38. The highest BCUT2D eigenvalue weighted by molar-refractivity contribution is 5.76. The highest BCUT2D eigenvalue weighted by Gasteiger charge is 2.18. The molecule has 0 fully saturated rings. The average molecular weight is 1010 g/mol. The van der Waals surface area contributed by atoms with Gasteiger partial charge in [-0.2, -0.15) is 0 Å². The normalized spacial score (nSPS) is 12.8. The largest absolute Gasteiger partial charge is 0.466 e. The van der Waals surface area contributed by atoms with Crippen molar-refractivity contribution in [2.75, 3.05) is 13.2 Å². The SMILES string of the molecule is CCC/C=C\C/C=C\CCCCCCCC(=O)OCCCCCCCCCCCCCCCCCCCCCCCCCC(=O)NC(CO)C(O)/C=C/CCCCCCCCCCCCCCCCCCC. The minimum Gasteiger partial charge on any atom is -0.466 e. The molecule has 0 aromatic rings. The second kappa shape index (κ2) is 61.6. The smallest absolute Gasteiger partial charge is 0.305 e. The molecular formula is C66H125NO5. The summed E-state index contributed by atoms with van der Waals surface area (Å²) >= 11 is 0. The van der Waals surface area contributed by atoms with Crippen molar-refractivity contribution in [3.8, 4) is 0 Å². The minimum absolute atomic E-state index is 0.00132. The molecule has 0 aliphatic heterocycles. The fourth-order valence-corrected chi connectivity index (χ4v) is 9.97. The lowest BCUT2D eigenvalue weighted by Gasteiger charge is -2.20. The van der Waals surface area contributed by atoms with Crippen LogP contribution < -0.4 is 5.32 Å². The number of nitrogens with one attached hydrogen (secondary N) is 1. The number of esters is 1. The Labute approximate surface area is 449 Å². The van der Waals surface area contributed by atoms with Gasteiger partial charge in [-0.3, -0.25) is 9.59 Å². The van der Waals surface area contributed by atoms with Gasteiger partial charge in [0, 0.05) is 12.8 Å². The summed E-state index contributed by atoms with van der Waals surface area (Å²) < 4.78 is 5.47. The van der Waals surface area contributed by atoms with Crippen LogP contribution in [0, 0.1) is 0 Å². The van der Waals surface area contributed by atoms with E-state index in [4.69, 9.17) is 4.74 Å². The van der Waals surface area contributed by atoms with Crippen LogP contribution in [0.4, 0.5) is 0 Å². The maximum absolute atomic E-state index is 12.5. The Bertz CT molecular complexity index is 1170. The third-order valence-corrected chi connectivity index (χ3v) is 14.9. The Morgan fingerprint density at radius 1 is 0.389 bits per heavy atom. The van der Waals surface area contributed by atoms with E-state index in [1.54, 1.807) is 6.08 Å². The Morgan fingerprint density at radius 3 is 1.11 bits per heavy atom. The van der Waals surface area contributed by atoms with Gasteiger partial charge in [-0.05, 0) is 57.8 Å². The number of rotatable bonds is 60. The van der Waals surface area contributed by atoms with Gasteiger partial charge >= 0.3 is 5.97 Å². The van der Waals surface area contributed by atoms with Crippen LogP contribution in [0.3, 0.4) is 0 Å². The van der Waals surface area contributed by atoms with E-state index >= 15 is 0 Å². The first kappa shape index (κ1) is 70.1. The number of hydrogen-bond donors (Lipinski definition) is 3. The van der Waals surface area contributed by atoms with E-state index in [9.17, 15) is 19.8 Å². The van der Waals surface area contributed by atoms with Gasteiger partial charge in [-0.15, -0.1) is 0 Å². The molecule has 1 amide bonds. The number of aliphatic hydroxyl groups is 2. The summed E-state index contributed by atoms with van der Waals surface area (Å²) in [4.78, 5) is 24.5. The molecule has 2 unspecified atom stereocenters. The van der Waals surface area contributed by atoms with Crippen LogP contribution in [0.25, 0.3) is 0 Å². The summed E-state index contributed by atoms with van der Waals surface area (Å²) in [6.07, 6.45) is 77.6. The molecule has 0 heterocycles. The minimum atomic E-state index is -0.845. The first-order chi connectivity index (χ1) is 35.5. The molecule has 0 aliphatic carbocycles. The van der Waals surface area contributed by atoms with E-state index in [0.29, 0.717) is 19.4 Å². The number of unbranched alkanes of at least 4 members (excludes halogenated alkanes) is 45. The molecule has 0 rings (SSSR count). The van der Waals surface area contributed by atoms with Crippen molar-refractivity contribution in [2.24, 2.45) is 0 Å². The van der Waals surface area contributed by atoms with Crippen LogP contribution in [0.1, 0.15) is 348 Å². The number of carbonyl (C=O) groups excluding carboxylic acids is 2. The monoisotopic (exact) mass is 1010 g/mol. The van der Waals surface area contributed by atoms with E-state index in [-0.39, 0.29) is 18.5 Å². The van der Waals surface area contributed by atoms with Crippen molar-refractivity contribution < 1.29 is 24.5 Å². The van der Waals surface area contributed by atoms with Crippen molar-refractivity contribution >= 4 is 11.9 Å². The van der Waals surface area contributed by atoms with E-state index in [1.165, 1.54) is 270 Å². The number of hydrogen-bond acceptors (Lipinski definition) is 5. The van der Waals surface area contributed by atoms with Gasteiger partial charge in [-0.1, -0.05) is 314 Å². The van der Waals surface area contributed by atoms with E-state index in [1.807, 2.05) is 6.08 Å². The molecule has 6 nitrogen and oxygen atoms in total. The molecule has 0 aromatic heterocycles. The molecule has 0 bridgehead atoms. The van der Waals surface area contributed by atoms with Gasteiger partial charge in [0.15, 0.2) is 0 Å². The van der Waals surface area contributed by atoms with Crippen LogP contribution in [0.2, 0.25) is 0 Å². The zero-order valence-corrected chi connectivity index (χ0v) is 48.4. The van der Waals surface area contributed by atoms with Crippen LogP contribution in [0.5, 0.6) is 0 Å². The summed E-state index contributed by atoms with van der Waals surface area (Å²) in [6, 6.07) is -0.628. The molecule has 0 aromatic carbocycles. The zero-order chi connectivity index (χ0) is 52.2. The highest BCUT2D eigenvalue weighted by atomic mass is 16.5. The van der Waals surface area contributed by atoms with Gasteiger partial charge < -0.3 is 20.3 Å². The molecule has 424 valence electrons. The lowest BCUT2D eigenvalue weighted by molar-refractivity contribution is -0.143. The lowest BCUT2D eigenvalue weighted by Crippen LogP contribution is -2.45. The van der Waals surface area contributed by atoms with Crippen molar-refractivity contribution in [1.82, 2.24) is 5.32 Å². The van der Waals surface area contributed by atoms with Gasteiger partial charge in [0.25, 0.3) is 0 Å². The molecule has 2 atom stereocenters. The van der Waals surface area contributed by atoms with E-state index < -0.39 is 12.1 Å². The summed E-state index contributed by atoms with van der Waals surface area (Å²) in [6.45, 7) is 4.86. The van der Waals surface area contributed by atoms with E-state index in [0.717, 1.165) is 51.4 Å². The predicted octanol–water partition coefficient (Wildman–Crippen LogP) is 20.4. The Hall–Kier alpha value is -1.92. The second-order valence-corrected chi connectivity index (χ2v) is 22.1. The number of amides is 1. The zero-order valence-electron chi connectivity index (χ0n) is 48.4. The van der Waals surface area contributed by atoms with Crippen molar-refractivity contribution in [1.29, 1.82) is 0 Å². The summed E-state index contributed by atoms with van der Waals surface area (Å²) in [5.41, 5.74) is 0. The molecule has 0 aliphatic rings. The van der Waals surface area contributed by atoms with Crippen LogP contribution in [-0.4, -0.2) is 47.4 Å². The van der Waals surface area contributed by atoms with Gasteiger partial charge in [0.2, 0.25) is 5.91 Å². The topological polar surface area (TPSA) is 95.9 Å². The van der Waals surface area contributed by atoms with Crippen molar-refractivity contribution in [3.05, 3.63) is 36.5 Å². The number of aliphatic hydroxyl groups excluding tert-OH is 2. The Balaban J connectivity index is 3.41. The molecule has 3 N–H and O–H groups in total. The van der Waals surface area contributed by atoms with Crippen LogP contribution in [0.15, 0.2) is 36.5 Å². The molecule has 0 radical (unpaired) electrons. The van der Waals surface area contributed by atoms with Crippen LogP contribution >= 0.6 is 0 Å². The van der Waals surface area contributed by atoms with E-state index in [2.05, 4.69) is 43.5 Å². The summed E-state index contributed by atoms with van der Waals surface area (Å²) in [5, 5.41) is 23.2. The van der Waals surface area contributed by atoms with Gasteiger partial charge in [-0.25, -0.2) is 0 Å². The summed E-state index contributed by atoms with van der Waals surface area (Å²) in [7, 11) is 0. The second-order valence-electron chi connectivity index (χ2n) is 22.1. The van der Waals surface area contributed by atoms with Gasteiger partial charge in [0.1, 0.15) is 0 Å². The number of allylic oxidation sites excluding steroid dienone is 5. The predicted molar refractivity (Wildman–Crippen MR) is 315 cm³/mol. The molecule has 0 spiro atoms. The quantitative estimate of drug-likeness (QED) is 0.0320. The first-order valence-electron chi connectivity index (χ1n) is 32.3. The fourth-order valence-electron chi connectivity index (χ4n) is 9.97. The van der Waals surface area contributed by atoms with Gasteiger partial charge in [0.05, 0.1) is 25.4 Å². The first-order valence-corrected chi connectivity index (χ1v) is 32.3. The maximum atomic E-state index is 12.5. The third kappa shape index (κ3) is 57.4. The molecule has 0 saturated carbocycles. The molecule has 6 heteroatoms. The lowest BCUT2D eigenvalue weighted by atomic mass is 10.0. The van der Waals surface area contributed by atoms with Crippen LogP contribution in [-0.2, 0) is 14.3 Å². The maximum Gasteiger partial charge on any atom is 0.305 e. The fraction of sp³-hybridized carbons (Fsp3) is 0.879. The third-order valence-electron chi connectivity index (χ3n) is 14.9. The molecular weight excluding hydrogens is 887 g/mol. The highest BCUT2D eigenvalue weighted by Crippen LogP contribution is 2.18.